The molecule has 1 aliphatic heterocycles. The van der Waals surface area contributed by atoms with Crippen LogP contribution in [0, 0.1) is 0 Å². The van der Waals surface area contributed by atoms with Crippen molar-refractivity contribution >= 4 is 0 Å². The zero-order valence-electron chi connectivity index (χ0n) is 11.7. The molecule has 0 saturated carbocycles. The van der Waals surface area contributed by atoms with Gasteiger partial charge in [0, 0.05) is 6.61 Å². The van der Waals surface area contributed by atoms with Crippen LogP contribution in [-0.4, -0.2) is 25.9 Å². The van der Waals surface area contributed by atoms with Gasteiger partial charge < -0.3 is 14.2 Å². The van der Waals surface area contributed by atoms with E-state index in [0.717, 1.165) is 44.3 Å². The summed E-state index contributed by atoms with van der Waals surface area (Å²) >= 11 is 0. The maximum absolute atomic E-state index is 12.0. The minimum Gasteiger partial charge on any atom is -0.406 e. The summed E-state index contributed by atoms with van der Waals surface area (Å²) in [6.07, 6.45) is -0.0318. The van der Waals surface area contributed by atoms with Crippen molar-refractivity contribution in [3.63, 3.8) is 0 Å². The standard InChI is InChI=1S/C15H19F3O3/c16-15(17,18)21-13-8-6-12(7-9-13)4-3-11-20-14-5-1-2-10-19-14/h6-9,14H,1-5,10-11H2. The Morgan fingerprint density at radius 2 is 1.90 bits per heavy atom. The molecule has 3 nitrogen and oxygen atoms in total. The second-order valence-electron chi connectivity index (χ2n) is 4.96. The SMILES string of the molecule is FC(F)(F)Oc1ccc(CCCOC2CCCCO2)cc1. The predicted octanol–water partition coefficient (Wildman–Crippen LogP) is 4.06. The van der Waals surface area contributed by atoms with Crippen LogP contribution in [0.1, 0.15) is 31.2 Å². The van der Waals surface area contributed by atoms with E-state index in [0.29, 0.717) is 6.61 Å². The molecule has 0 spiro atoms. The van der Waals surface area contributed by atoms with Gasteiger partial charge in [0.05, 0.1) is 6.61 Å². The number of hydrogen-bond acceptors (Lipinski definition) is 3. The lowest BCUT2D eigenvalue weighted by Gasteiger charge is -2.22. The average Bonchev–Trinajstić information content (AvgIpc) is 2.45. The number of rotatable bonds is 6. The van der Waals surface area contributed by atoms with Crippen molar-refractivity contribution in [1.82, 2.24) is 0 Å². The van der Waals surface area contributed by atoms with Crippen molar-refractivity contribution in [2.45, 2.75) is 44.8 Å². The van der Waals surface area contributed by atoms with Crippen molar-refractivity contribution in [2.75, 3.05) is 13.2 Å². The number of alkyl halides is 3. The third-order valence-corrected chi connectivity index (χ3v) is 3.21. The zero-order valence-corrected chi connectivity index (χ0v) is 11.7. The van der Waals surface area contributed by atoms with Gasteiger partial charge in [0.2, 0.25) is 0 Å². The Labute approximate surface area is 122 Å². The van der Waals surface area contributed by atoms with Gasteiger partial charge in [0.25, 0.3) is 0 Å². The average molecular weight is 304 g/mol. The highest BCUT2D eigenvalue weighted by atomic mass is 19.4. The number of ether oxygens (including phenoxy) is 3. The molecular formula is C15H19F3O3. The van der Waals surface area contributed by atoms with Crippen LogP contribution in [0.4, 0.5) is 13.2 Å². The Bertz CT molecular complexity index is 411. The third-order valence-electron chi connectivity index (χ3n) is 3.21. The van der Waals surface area contributed by atoms with Gasteiger partial charge in [-0.2, -0.15) is 0 Å². The van der Waals surface area contributed by atoms with E-state index in [1.165, 1.54) is 12.1 Å². The van der Waals surface area contributed by atoms with Gasteiger partial charge in [-0.05, 0) is 49.8 Å². The van der Waals surface area contributed by atoms with Crippen LogP contribution in [0.2, 0.25) is 0 Å². The molecule has 1 aromatic rings. The second-order valence-corrected chi connectivity index (χ2v) is 4.96. The highest BCUT2D eigenvalue weighted by Gasteiger charge is 2.30. The fourth-order valence-corrected chi connectivity index (χ4v) is 2.19. The first-order chi connectivity index (χ1) is 10.0. The molecule has 1 unspecified atom stereocenters. The van der Waals surface area contributed by atoms with Gasteiger partial charge in [0.15, 0.2) is 6.29 Å². The van der Waals surface area contributed by atoms with Crippen LogP contribution in [0.15, 0.2) is 24.3 Å². The van der Waals surface area contributed by atoms with E-state index >= 15 is 0 Å². The Hall–Kier alpha value is -1.27. The molecule has 0 radical (unpaired) electrons. The van der Waals surface area contributed by atoms with Gasteiger partial charge in [-0.3, -0.25) is 0 Å². The van der Waals surface area contributed by atoms with Gasteiger partial charge in [0.1, 0.15) is 5.75 Å². The lowest BCUT2D eigenvalue weighted by molar-refractivity contribution is -0.274. The molecule has 6 heteroatoms. The molecular weight excluding hydrogens is 285 g/mol. The summed E-state index contributed by atoms with van der Waals surface area (Å²) < 4.78 is 50.9. The van der Waals surface area contributed by atoms with Crippen molar-refractivity contribution in [3.8, 4) is 5.75 Å². The summed E-state index contributed by atoms with van der Waals surface area (Å²) in [6, 6.07) is 5.93. The smallest absolute Gasteiger partial charge is 0.406 e. The van der Waals surface area contributed by atoms with Crippen LogP contribution in [0.25, 0.3) is 0 Å². The molecule has 0 bridgehead atoms. The maximum Gasteiger partial charge on any atom is 0.573 e. The van der Waals surface area contributed by atoms with E-state index in [9.17, 15) is 13.2 Å². The van der Waals surface area contributed by atoms with E-state index in [-0.39, 0.29) is 12.0 Å². The zero-order chi connectivity index (χ0) is 15.1. The lowest BCUT2D eigenvalue weighted by atomic mass is 10.1. The van der Waals surface area contributed by atoms with Crippen LogP contribution < -0.4 is 4.74 Å². The molecule has 0 N–H and O–H groups in total. The predicted molar refractivity (Wildman–Crippen MR) is 71.0 cm³/mol. The summed E-state index contributed by atoms with van der Waals surface area (Å²) in [4.78, 5) is 0. The molecule has 0 aromatic heterocycles. The summed E-state index contributed by atoms with van der Waals surface area (Å²) in [7, 11) is 0. The summed E-state index contributed by atoms with van der Waals surface area (Å²) in [5.41, 5.74) is 0.956. The molecule has 0 aliphatic carbocycles. The number of aryl methyl sites for hydroxylation is 1. The Balaban J connectivity index is 1.66. The minimum absolute atomic E-state index is 0.0960. The van der Waals surface area contributed by atoms with E-state index in [1.54, 1.807) is 12.1 Å². The van der Waals surface area contributed by atoms with Crippen LogP contribution in [0.5, 0.6) is 5.75 Å². The fourth-order valence-electron chi connectivity index (χ4n) is 2.19. The fraction of sp³-hybridized carbons (Fsp3) is 0.600. The summed E-state index contributed by atoms with van der Waals surface area (Å²) in [6.45, 7) is 1.34. The first-order valence-corrected chi connectivity index (χ1v) is 7.11. The summed E-state index contributed by atoms with van der Waals surface area (Å²) in [5, 5.41) is 0. The van der Waals surface area contributed by atoms with Crippen molar-refractivity contribution in [2.24, 2.45) is 0 Å². The number of benzene rings is 1. The van der Waals surface area contributed by atoms with Gasteiger partial charge in [-0.15, -0.1) is 13.2 Å². The van der Waals surface area contributed by atoms with E-state index in [2.05, 4.69) is 4.74 Å². The van der Waals surface area contributed by atoms with Crippen LogP contribution in [0.3, 0.4) is 0 Å². The highest BCUT2D eigenvalue weighted by Crippen LogP contribution is 2.23. The first kappa shape index (κ1) is 16.1. The molecule has 1 fully saturated rings. The highest BCUT2D eigenvalue weighted by molar-refractivity contribution is 5.27. The van der Waals surface area contributed by atoms with Crippen LogP contribution in [-0.2, 0) is 15.9 Å². The molecule has 0 amide bonds. The maximum atomic E-state index is 12.0. The Kier molecular flexibility index (Phi) is 5.87. The monoisotopic (exact) mass is 304 g/mol. The molecule has 1 saturated heterocycles. The molecule has 1 heterocycles. The quantitative estimate of drug-likeness (QED) is 0.742. The Morgan fingerprint density at radius 1 is 1.14 bits per heavy atom. The van der Waals surface area contributed by atoms with E-state index in [1.807, 2.05) is 0 Å². The van der Waals surface area contributed by atoms with Crippen molar-refractivity contribution in [1.29, 1.82) is 0 Å². The molecule has 1 aromatic carbocycles. The Morgan fingerprint density at radius 3 is 2.52 bits per heavy atom. The molecule has 118 valence electrons. The number of hydrogen-bond donors (Lipinski definition) is 0. The largest absolute Gasteiger partial charge is 0.573 e. The normalized spacial score (nSPS) is 19.5. The van der Waals surface area contributed by atoms with Crippen LogP contribution >= 0.6 is 0 Å². The molecule has 1 atom stereocenters. The molecule has 1 aliphatic rings. The van der Waals surface area contributed by atoms with Gasteiger partial charge in [-0.25, -0.2) is 0 Å². The lowest BCUT2D eigenvalue weighted by Crippen LogP contribution is -2.22. The van der Waals surface area contributed by atoms with Gasteiger partial charge in [-0.1, -0.05) is 12.1 Å². The van der Waals surface area contributed by atoms with E-state index in [4.69, 9.17) is 9.47 Å². The second kappa shape index (κ2) is 7.66. The minimum atomic E-state index is -4.64. The van der Waals surface area contributed by atoms with Crippen molar-refractivity contribution in [3.05, 3.63) is 29.8 Å². The first-order valence-electron chi connectivity index (χ1n) is 7.11. The van der Waals surface area contributed by atoms with Crippen molar-refractivity contribution < 1.29 is 27.4 Å². The topological polar surface area (TPSA) is 27.7 Å². The molecule has 2 rings (SSSR count). The summed E-state index contributed by atoms with van der Waals surface area (Å²) in [5.74, 6) is -0.196. The number of halogens is 3. The third kappa shape index (κ3) is 6.35. The van der Waals surface area contributed by atoms with Gasteiger partial charge >= 0.3 is 6.36 Å². The molecule has 21 heavy (non-hydrogen) atoms. The van der Waals surface area contributed by atoms with E-state index < -0.39 is 6.36 Å².